The fourth-order valence-electron chi connectivity index (χ4n) is 3.60. The van der Waals surface area contributed by atoms with E-state index >= 15 is 0 Å². The molecule has 0 radical (unpaired) electrons. The Hall–Kier alpha value is -1.20. The molecule has 2 saturated heterocycles. The number of nitrogen functional groups attached to an aromatic ring is 1. The lowest BCUT2D eigenvalue weighted by molar-refractivity contribution is 0.159. The van der Waals surface area contributed by atoms with Crippen LogP contribution in [0.5, 0.6) is 0 Å². The summed E-state index contributed by atoms with van der Waals surface area (Å²) in [5.74, 6) is 7.79. The quantitative estimate of drug-likeness (QED) is 0.627. The lowest BCUT2D eigenvalue weighted by Crippen LogP contribution is -2.39. The summed E-state index contributed by atoms with van der Waals surface area (Å²) in [6.07, 6.45) is 5.01. The molecule has 5 nitrogen and oxygen atoms in total. The number of hydrazine groups is 1. The molecule has 104 valence electrons. The van der Waals surface area contributed by atoms with Crippen LogP contribution in [0, 0.1) is 13.8 Å². The number of hydrogen-bond acceptors (Lipinski definition) is 5. The van der Waals surface area contributed by atoms with Gasteiger partial charge in [-0.05, 0) is 46.6 Å². The Labute approximate surface area is 114 Å². The van der Waals surface area contributed by atoms with Crippen LogP contribution in [0.1, 0.15) is 48.7 Å². The van der Waals surface area contributed by atoms with E-state index in [-0.39, 0.29) is 0 Å². The average molecular weight is 261 g/mol. The van der Waals surface area contributed by atoms with Gasteiger partial charge in [-0.3, -0.25) is 0 Å². The summed E-state index contributed by atoms with van der Waals surface area (Å²) < 4.78 is 0. The average Bonchev–Trinajstić information content (AvgIpc) is 2.64. The number of fused-ring (bicyclic) bond motifs is 2. The maximum atomic E-state index is 5.56. The van der Waals surface area contributed by atoms with E-state index in [9.17, 15) is 0 Å². The molecule has 5 heteroatoms. The highest BCUT2D eigenvalue weighted by Gasteiger charge is 2.39. The number of anilines is 1. The van der Waals surface area contributed by atoms with Gasteiger partial charge < -0.3 is 10.3 Å². The molecule has 2 unspecified atom stereocenters. The van der Waals surface area contributed by atoms with E-state index in [1.54, 1.807) is 0 Å². The van der Waals surface area contributed by atoms with E-state index in [1.807, 2.05) is 13.8 Å². The third kappa shape index (κ3) is 2.11. The fraction of sp³-hybridized carbons (Fsp3) is 0.714. The van der Waals surface area contributed by atoms with Crippen molar-refractivity contribution < 1.29 is 0 Å². The molecule has 1 aromatic heterocycles. The Balaban J connectivity index is 1.89. The van der Waals surface area contributed by atoms with Crippen molar-refractivity contribution in [2.75, 3.05) is 12.5 Å². The van der Waals surface area contributed by atoms with E-state index in [1.165, 1.54) is 25.7 Å². The monoisotopic (exact) mass is 261 g/mol. The number of nitrogens with zero attached hydrogens (tertiary/aromatic N) is 3. The molecule has 0 saturated carbocycles. The lowest BCUT2D eigenvalue weighted by atomic mass is 9.90. The predicted octanol–water partition coefficient (Wildman–Crippen LogP) is 1.72. The van der Waals surface area contributed by atoms with Gasteiger partial charge in [-0.2, -0.15) is 0 Å². The SMILES string of the molecule is Cc1nc(C2CC3CCC(C2)N3C)nc(NN)c1C. The summed E-state index contributed by atoms with van der Waals surface area (Å²) >= 11 is 0. The number of hydrogen-bond donors (Lipinski definition) is 2. The molecular weight excluding hydrogens is 238 g/mol. The maximum Gasteiger partial charge on any atom is 0.146 e. The summed E-state index contributed by atoms with van der Waals surface area (Å²) in [5, 5.41) is 0. The molecule has 2 aliphatic heterocycles. The first kappa shape index (κ1) is 12.8. The molecule has 3 N–H and O–H groups in total. The van der Waals surface area contributed by atoms with Crippen LogP contribution in [0.25, 0.3) is 0 Å². The van der Waals surface area contributed by atoms with E-state index < -0.39 is 0 Å². The zero-order valence-corrected chi connectivity index (χ0v) is 12.0. The predicted molar refractivity (Wildman–Crippen MR) is 75.9 cm³/mol. The van der Waals surface area contributed by atoms with Crippen LogP contribution < -0.4 is 11.3 Å². The molecule has 2 bridgehead atoms. The number of piperidine rings is 1. The number of nitrogens with two attached hydrogens (primary N) is 1. The largest absolute Gasteiger partial charge is 0.308 e. The molecular formula is C14H23N5. The third-order valence-corrected chi connectivity index (χ3v) is 5.01. The van der Waals surface area contributed by atoms with Crippen LogP contribution in [0.2, 0.25) is 0 Å². The molecule has 0 aliphatic carbocycles. The van der Waals surface area contributed by atoms with Gasteiger partial charge in [0.15, 0.2) is 0 Å². The van der Waals surface area contributed by atoms with Crippen molar-refractivity contribution in [1.82, 2.24) is 14.9 Å². The van der Waals surface area contributed by atoms with Gasteiger partial charge in [0.1, 0.15) is 11.6 Å². The van der Waals surface area contributed by atoms with Crippen molar-refractivity contribution in [3.05, 3.63) is 17.1 Å². The Morgan fingerprint density at radius 2 is 1.79 bits per heavy atom. The van der Waals surface area contributed by atoms with E-state index in [0.29, 0.717) is 18.0 Å². The summed E-state index contributed by atoms with van der Waals surface area (Å²) in [5.41, 5.74) is 4.78. The molecule has 0 amide bonds. The van der Waals surface area contributed by atoms with E-state index in [2.05, 4.69) is 22.4 Å². The van der Waals surface area contributed by atoms with Crippen molar-refractivity contribution in [3.8, 4) is 0 Å². The summed E-state index contributed by atoms with van der Waals surface area (Å²) in [6.45, 7) is 4.04. The van der Waals surface area contributed by atoms with Crippen molar-refractivity contribution in [2.45, 2.75) is 57.5 Å². The van der Waals surface area contributed by atoms with E-state index in [0.717, 1.165) is 22.9 Å². The number of aryl methyl sites for hydroxylation is 1. The van der Waals surface area contributed by atoms with Crippen LogP contribution in [0.3, 0.4) is 0 Å². The second-order valence-corrected chi connectivity index (χ2v) is 6.00. The Bertz CT molecular complexity index is 473. The first-order valence-corrected chi connectivity index (χ1v) is 7.13. The zero-order valence-electron chi connectivity index (χ0n) is 12.0. The highest BCUT2D eigenvalue weighted by molar-refractivity contribution is 5.44. The molecule has 3 heterocycles. The minimum absolute atomic E-state index is 0.486. The van der Waals surface area contributed by atoms with Crippen molar-refractivity contribution >= 4 is 5.82 Å². The van der Waals surface area contributed by atoms with Crippen LogP contribution in [-0.4, -0.2) is 34.0 Å². The molecule has 0 aromatic carbocycles. The minimum Gasteiger partial charge on any atom is -0.308 e. The van der Waals surface area contributed by atoms with Crippen molar-refractivity contribution in [1.29, 1.82) is 0 Å². The maximum absolute atomic E-state index is 5.56. The van der Waals surface area contributed by atoms with Crippen molar-refractivity contribution in [3.63, 3.8) is 0 Å². The zero-order chi connectivity index (χ0) is 13.6. The first-order valence-electron chi connectivity index (χ1n) is 7.13. The molecule has 3 rings (SSSR count). The van der Waals surface area contributed by atoms with Gasteiger partial charge in [-0.15, -0.1) is 0 Å². The molecule has 0 spiro atoms. The molecule has 2 aliphatic rings. The van der Waals surface area contributed by atoms with Gasteiger partial charge in [0, 0.05) is 29.3 Å². The normalized spacial score (nSPS) is 30.6. The highest BCUT2D eigenvalue weighted by atomic mass is 15.3. The van der Waals surface area contributed by atoms with Gasteiger partial charge in [0.25, 0.3) is 0 Å². The van der Waals surface area contributed by atoms with Gasteiger partial charge in [-0.1, -0.05) is 0 Å². The van der Waals surface area contributed by atoms with Crippen LogP contribution in [0.15, 0.2) is 0 Å². The molecule has 1 aromatic rings. The standard InChI is InChI=1S/C14H23N5/c1-8-9(2)16-14(17-13(8)18-15)10-6-11-4-5-12(7-10)19(11)3/h10-12H,4-7,15H2,1-3H3,(H,16,17,18). The number of rotatable bonds is 2. The Kier molecular flexibility index (Phi) is 3.19. The second-order valence-electron chi connectivity index (χ2n) is 6.00. The third-order valence-electron chi connectivity index (χ3n) is 5.01. The number of nitrogens with one attached hydrogen (secondary N) is 1. The van der Waals surface area contributed by atoms with Gasteiger partial charge in [0.05, 0.1) is 0 Å². The van der Waals surface area contributed by atoms with Gasteiger partial charge in [0.2, 0.25) is 0 Å². The molecule has 2 fully saturated rings. The smallest absolute Gasteiger partial charge is 0.146 e. The fourth-order valence-corrected chi connectivity index (χ4v) is 3.60. The van der Waals surface area contributed by atoms with Gasteiger partial charge >= 0.3 is 0 Å². The Morgan fingerprint density at radius 1 is 1.16 bits per heavy atom. The van der Waals surface area contributed by atoms with Gasteiger partial charge in [-0.25, -0.2) is 15.8 Å². The topological polar surface area (TPSA) is 67.1 Å². The second kappa shape index (κ2) is 4.72. The number of aromatic nitrogens is 2. The first-order chi connectivity index (χ1) is 9.10. The highest BCUT2D eigenvalue weighted by Crippen LogP contribution is 2.41. The van der Waals surface area contributed by atoms with E-state index in [4.69, 9.17) is 10.8 Å². The minimum atomic E-state index is 0.486. The van der Waals surface area contributed by atoms with Crippen LogP contribution >= 0.6 is 0 Å². The Morgan fingerprint density at radius 3 is 2.37 bits per heavy atom. The van der Waals surface area contributed by atoms with Crippen molar-refractivity contribution in [2.24, 2.45) is 5.84 Å². The lowest BCUT2D eigenvalue weighted by Gasteiger charge is -2.35. The van der Waals surface area contributed by atoms with Crippen LogP contribution in [-0.2, 0) is 0 Å². The molecule has 2 atom stereocenters. The summed E-state index contributed by atoms with van der Waals surface area (Å²) in [4.78, 5) is 11.9. The van der Waals surface area contributed by atoms with Crippen LogP contribution in [0.4, 0.5) is 5.82 Å². The molecule has 19 heavy (non-hydrogen) atoms. The summed E-state index contributed by atoms with van der Waals surface area (Å²) in [6, 6.07) is 1.42. The summed E-state index contributed by atoms with van der Waals surface area (Å²) in [7, 11) is 2.26.